The minimum Gasteiger partial charge on any atom is -0.506 e. The number of pyridine rings is 1. The average Bonchev–Trinajstić information content (AvgIpc) is 3.31. The fourth-order valence-corrected chi connectivity index (χ4v) is 3.48. The number of carbonyl (C=O) groups excluding carboxylic acids is 2. The standard InChI is InChI=1S/C19H23N5O10/c20-9(3-11(27)10-2-1-8(26)4-21-10)16(30)23-12(18(31)32)15-13(28)14(29)17(34-15)24-5-7(6-25)22-19(24)33/h1-2,4-6,9,11-15,17,26-29H,3,20H2,(H,22,33)(H,23,30)(H,31,32)/t9-,11+,12-,13-,14+,15+,17-/m1/s1. The van der Waals surface area contributed by atoms with Gasteiger partial charge in [-0.2, -0.15) is 0 Å². The van der Waals surface area contributed by atoms with Crippen LogP contribution in [0.2, 0.25) is 0 Å². The second kappa shape index (κ2) is 10.1. The first kappa shape index (κ1) is 25.0. The maximum absolute atomic E-state index is 12.5. The van der Waals surface area contributed by atoms with E-state index >= 15 is 0 Å². The summed E-state index contributed by atoms with van der Waals surface area (Å²) in [6.07, 6.45) is -6.09. The minimum absolute atomic E-state index is 0.114. The largest absolute Gasteiger partial charge is 0.506 e. The Morgan fingerprint density at radius 3 is 2.59 bits per heavy atom. The zero-order valence-electron chi connectivity index (χ0n) is 17.4. The number of amides is 1. The van der Waals surface area contributed by atoms with Crippen molar-refractivity contribution >= 4 is 18.2 Å². The van der Waals surface area contributed by atoms with Crippen LogP contribution in [0.4, 0.5) is 0 Å². The lowest BCUT2D eigenvalue weighted by Gasteiger charge is -2.25. The smallest absolute Gasteiger partial charge is 0.329 e. The van der Waals surface area contributed by atoms with E-state index in [2.05, 4.69) is 15.3 Å². The predicted octanol–water partition coefficient (Wildman–Crippen LogP) is -3.27. The number of hydrogen-bond donors (Lipinski definition) is 8. The van der Waals surface area contributed by atoms with Crippen LogP contribution in [-0.4, -0.2) is 88.6 Å². The highest BCUT2D eigenvalue weighted by molar-refractivity contribution is 5.87. The molecule has 3 heterocycles. The first-order chi connectivity index (χ1) is 16.0. The number of rotatable bonds is 9. The van der Waals surface area contributed by atoms with Crippen molar-refractivity contribution in [2.24, 2.45) is 5.73 Å². The molecule has 1 fully saturated rings. The number of aromatic amines is 1. The van der Waals surface area contributed by atoms with Crippen molar-refractivity contribution in [3.05, 3.63) is 46.4 Å². The summed E-state index contributed by atoms with van der Waals surface area (Å²) in [5, 5.41) is 51.8. The summed E-state index contributed by atoms with van der Waals surface area (Å²) in [7, 11) is 0. The van der Waals surface area contributed by atoms with Gasteiger partial charge in [-0.05, 0) is 12.1 Å². The van der Waals surface area contributed by atoms with Gasteiger partial charge in [-0.3, -0.25) is 19.1 Å². The van der Waals surface area contributed by atoms with Gasteiger partial charge in [-0.1, -0.05) is 0 Å². The van der Waals surface area contributed by atoms with Gasteiger partial charge in [-0.15, -0.1) is 0 Å². The summed E-state index contributed by atoms with van der Waals surface area (Å²) < 4.78 is 6.15. The number of aromatic hydroxyl groups is 1. The molecule has 0 aromatic carbocycles. The lowest BCUT2D eigenvalue weighted by molar-refractivity contribution is -0.149. The summed E-state index contributed by atoms with van der Waals surface area (Å²) in [6.45, 7) is 0. The van der Waals surface area contributed by atoms with Crippen molar-refractivity contribution < 1.29 is 44.7 Å². The number of nitrogens with one attached hydrogen (secondary N) is 2. The number of aliphatic carboxylic acids is 1. The third kappa shape index (κ3) is 5.13. The third-order valence-corrected chi connectivity index (χ3v) is 5.26. The van der Waals surface area contributed by atoms with Gasteiger partial charge in [-0.25, -0.2) is 9.59 Å². The van der Waals surface area contributed by atoms with E-state index in [1.807, 2.05) is 0 Å². The maximum Gasteiger partial charge on any atom is 0.329 e. The summed E-state index contributed by atoms with van der Waals surface area (Å²) in [5.41, 5.74) is 4.89. The molecule has 15 heteroatoms. The molecule has 7 atom stereocenters. The Balaban J connectivity index is 1.71. The summed E-state index contributed by atoms with van der Waals surface area (Å²) in [6, 6.07) is -0.716. The maximum atomic E-state index is 12.5. The number of nitrogens with zero attached hydrogens (tertiary/aromatic N) is 2. The van der Waals surface area contributed by atoms with Crippen LogP contribution in [-0.2, 0) is 14.3 Å². The number of H-pyrrole nitrogens is 1. The summed E-state index contributed by atoms with van der Waals surface area (Å²) in [5.74, 6) is -2.78. The van der Waals surface area contributed by atoms with E-state index < -0.39 is 60.3 Å². The van der Waals surface area contributed by atoms with E-state index in [1.54, 1.807) is 0 Å². The zero-order valence-corrected chi connectivity index (χ0v) is 17.4. The normalized spacial score (nSPS) is 24.8. The lowest BCUT2D eigenvalue weighted by Crippen LogP contribution is -2.56. The molecule has 184 valence electrons. The van der Waals surface area contributed by atoms with Gasteiger partial charge < -0.3 is 46.3 Å². The van der Waals surface area contributed by atoms with E-state index in [4.69, 9.17) is 10.5 Å². The van der Waals surface area contributed by atoms with Crippen LogP contribution >= 0.6 is 0 Å². The molecule has 0 unspecified atom stereocenters. The number of nitrogens with two attached hydrogens (primary N) is 1. The first-order valence-corrected chi connectivity index (χ1v) is 9.93. The highest BCUT2D eigenvalue weighted by Gasteiger charge is 2.50. The van der Waals surface area contributed by atoms with Crippen molar-refractivity contribution in [2.45, 2.75) is 49.1 Å². The highest BCUT2D eigenvalue weighted by Crippen LogP contribution is 2.30. The van der Waals surface area contributed by atoms with E-state index in [0.29, 0.717) is 6.29 Å². The monoisotopic (exact) mass is 481 g/mol. The molecule has 9 N–H and O–H groups in total. The molecule has 1 amide bonds. The van der Waals surface area contributed by atoms with Gasteiger partial charge in [0.2, 0.25) is 5.91 Å². The van der Waals surface area contributed by atoms with Crippen molar-refractivity contribution in [3.8, 4) is 5.75 Å². The molecule has 1 aliphatic heterocycles. The second-order valence-corrected chi connectivity index (χ2v) is 7.64. The van der Waals surface area contributed by atoms with Crippen molar-refractivity contribution in [1.82, 2.24) is 19.9 Å². The van der Waals surface area contributed by atoms with Crippen LogP contribution in [0.1, 0.15) is 34.9 Å². The molecule has 1 saturated heterocycles. The fourth-order valence-electron chi connectivity index (χ4n) is 3.48. The Morgan fingerprint density at radius 1 is 1.32 bits per heavy atom. The molecule has 0 aliphatic carbocycles. The number of carboxylic acids is 1. The van der Waals surface area contributed by atoms with E-state index in [-0.39, 0.29) is 23.6 Å². The van der Waals surface area contributed by atoms with Crippen LogP contribution in [0.25, 0.3) is 0 Å². The molecule has 2 aromatic heterocycles. The molecule has 34 heavy (non-hydrogen) atoms. The number of aliphatic hydroxyl groups is 3. The quantitative estimate of drug-likeness (QED) is 0.164. The first-order valence-electron chi connectivity index (χ1n) is 9.93. The molecule has 1 aliphatic rings. The van der Waals surface area contributed by atoms with Gasteiger partial charge in [0.15, 0.2) is 18.6 Å². The molecule has 0 spiro atoms. The Bertz CT molecular complexity index is 1100. The van der Waals surface area contributed by atoms with Crippen molar-refractivity contribution in [3.63, 3.8) is 0 Å². The van der Waals surface area contributed by atoms with Gasteiger partial charge in [0, 0.05) is 12.6 Å². The predicted molar refractivity (Wildman–Crippen MR) is 109 cm³/mol. The summed E-state index contributed by atoms with van der Waals surface area (Å²) >= 11 is 0. The molecular formula is C19H23N5O10. The minimum atomic E-state index is -1.89. The summed E-state index contributed by atoms with van der Waals surface area (Å²) in [4.78, 5) is 53.1. The number of hydrogen-bond acceptors (Lipinski definition) is 11. The average molecular weight is 481 g/mol. The van der Waals surface area contributed by atoms with E-state index in [0.717, 1.165) is 17.0 Å². The van der Waals surface area contributed by atoms with Crippen LogP contribution in [0.15, 0.2) is 29.3 Å². The second-order valence-electron chi connectivity index (χ2n) is 7.64. The lowest BCUT2D eigenvalue weighted by atomic mass is 10.0. The number of carboxylic acid groups (broad SMARTS) is 1. The van der Waals surface area contributed by atoms with Crippen LogP contribution in [0, 0.1) is 0 Å². The Hall–Kier alpha value is -3.63. The number of aromatic nitrogens is 3. The Morgan fingerprint density at radius 2 is 2.03 bits per heavy atom. The van der Waals surface area contributed by atoms with E-state index in [9.17, 15) is 44.7 Å². The Labute approximate surface area is 190 Å². The number of ether oxygens (including phenoxy) is 1. The molecule has 0 saturated carbocycles. The van der Waals surface area contributed by atoms with E-state index in [1.165, 1.54) is 12.1 Å². The van der Waals surface area contributed by atoms with Gasteiger partial charge >= 0.3 is 11.7 Å². The van der Waals surface area contributed by atoms with Crippen LogP contribution < -0.4 is 16.7 Å². The van der Waals surface area contributed by atoms with Crippen LogP contribution in [0.5, 0.6) is 5.75 Å². The van der Waals surface area contributed by atoms with Crippen LogP contribution in [0.3, 0.4) is 0 Å². The van der Waals surface area contributed by atoms with Crippen molar-refractivity contribution in [1.29, 1.82) is 0 Å². The molecule has 3 rings (SSSR count). The SMILES string of the molecule is N[C@H](C[C@H](O)c1ccc(O)cn1)C(=O)N[C@@H](C(=O)O)[C@@H]1O[C@@H](n2cc(C=O)[nH]c2=O)[C@@H](O)[C@H]1O. The molecule has 0 radical (unpaired) electrons. The van der Waals surface area contributed by atoms with Gasteiger partial charge in [0.25, 0.3) is 0 Å². The molecule has 0 bridgehead atoms. The third-order valence-electron chi connectivity index (χ3n) is 5.26. The number of aldehydes is 1. The molecular weight excluding hydrogens is 458 g/mol. The highest BCUT2D eigenvalue weighted by atomic mass is 16.6. The number of aliphatic hydroxyl groups excluding tert-OH is 3. The molecule has 2 aromatic rings. The van der Waals surface area contributed by atoms with Crippen molar-refractivity contribution in [2.75, 3.05) is 0 Å². The topological polar surface area (TPSA) is 250 Å². The van der Waals surface area contributed by atoms with Gasteiger partial charge in [0.05, 0.1) is 29.7 Å². The molecule has 15 nitrogen and oxygen atoms in total. The Kier molecular flexibility index (Phi) is 7.43. The zero-order chi connectivity index (χ0) is 25.2. The van der Waals surface area contributed by atoms with Gasteiger partial charge in [0.1, 0.15) is 24.1 Å². The number of carbonyl (C=O) groups is 3. The fraction of sp³-hybridized carbons (Fsp3) is 0.421. The number of imidazole rings is 1.